The molecule has 4 aromatic heterocycles. The summed E-state index contributed by atoms with van der Waals surface area (Å²) >= 11 is 0. The van der Waals surface area contributed by atoms with Crippen molar-refractivity contribution in [3.05, 3.63) is 376 Å². The molecule has 6 heteroatoms. The number of fused-ring (bicyclic) bond motifs is 12. The molecule has 102 heavy (non-hydrogen) atoms. The van der Waals surface area contributed by atoms with Crippen molar-refractivity contribution in [3.63, 3.8) is 0 Å². The summed E-state index contributed by atoms with van der Waals surface area (Å²) in [6, 6.07) is 136. The highest BCUT2D eigenvalue weighted by atomic mass is 16.3. The Labute approximate surface area is 588 Å². The van der Waals surface area contributed by atoms with Gasteiger partial charge in [-0.15, -0.1) is 0 Å². The number of furan rings is 2. The third-order valence-corrected chi connectivity index (χ3v) is 20.4. The molecule has 478 valence electrons. The van der Waals surface area contributed by atoms with E-state index in [4.69, 9.17) is 8.83 Å². The number of rotatable bonds is 13. The smallest absolute Gasteiger partial charge is 0.160 e. The molecule has 0 aliphatic rings. The van der Waals surface area contributed by atoms with Gasteiger partial charge in [-0.05, 0) is 172 Å². The fourth-order valence-corrected chi connectivity index (χ4v) is 15.8. The van der Waals surface area contributed by atoms with Crippen LogP contribution in [0.1, 0.15) is 0 Å². The summed E-state index contributed by atoms with van der Waals surface area (Å²) in [5, 5.41) is 8.61. The fourth-order valence-electron chi connectivity index (χ4n) is 15.8. The first-order valence-electron chi connectivity index (χ1n) is 34.8. The molecule has 0 fully saturated rings. The lowest BCUT2D eigenvalue weighted by Crippen LogP contribution is -2.15. The highest BCUT2D eigenvalue weighted by Gasteiger charge is 2.31. The van der Waals surface area contributed by atoms with E-state index < -0.39 is 0 Å². The van der Waals surface area contributed by atoms with Crippen molar-refractivity contribution in [1.82, 2.24) is 9.13 Å². The Balaban J connectivity index is 0.932. The minimum absolute atomic E-state index is 0.771. The minimum Gasteiger partial charge on any atom is -0.454 e. The predicted octanol–water partition coefficient (Wildman–Crippen LogP) is 27.0. The maximum absolute atomic E-state index is 7.40. The van der Waals surface area contributed by atoms with Crippen LogP contribution in [0.4, 0.5) is 34.1 Å². The summed E-state index contributed by atoms with van der Waals surface area (Å²) in [6.07, 6.45) is 0. The molecule has 16 aromatic carbocycles. The number of aromatic nitrogens is 2. The molecule has 4 heterocycles. The van der Waals surface area contributed by atoms with Gasteiger partial charge in [-0.2, -0.15) is 0 Å². The molecule has 0 radical (unpaired) electrons. The van der Waals surface area contributed by atoms with Gasteiger partial charge in [-0.1, -0.05) is 249 Å². The van der Waals surface area contributed by atoms with E-state index in [-0.39, 0.29) is 0 Å². The molecule has 6 nitrogen and oxygen atoms in total. The van der Waals surface area contributed by atoms with Gasteiger partial charge in [0.15, 0.2) is 11.2 Å². The van der Waals surface area contributed by atoms with Gasteiger partial charge >= 0.3 is 0 Å². The SMILES string of the molecule is c1ccc(-c2cc(N(c3ccc4c(c3)c3cc(-c5ccccc5)ccc3n4-c3ccccc3)c3c(-c4ccccc4)ccc4c3oc3ccccc34)cc(N(c3ccc4c(c3)c3cc(-c5ccccc5)ccc3n4-c3ccccc3)c3c(-c4ccccc4)ccc4c3oc3ccccc34)c2)cc1. The van der Waals surface area contributed by atoms with Crippen LogP contribution < -0.4 is 9.80 Å². The summed E-state index contributed by atoms with van der Waals surface area (Å²) < 4.78 is 19.6. The molecule has 0 saturated heterocycles. The topological polar surface area (TPSA) is 42.6 Å². The van der Waals surface area contributed by atoms with Crippen LogP contribution in [0.25, 0.3) is 154 Å². The summed E-state index contributed by atoms with van der Waals surface area (Å²) in [5.74, 6) is 0. The second-order valence-corrected chi connectivity index (χ2v) is 26.3. The van der Waals surface area contributed by atoms with Gasteiger partial charge in [0.05, 0.1) is 33.4 Å². The Hall–Kier alpha value is -13.7. The van der Waals surface area contributed by atoms with Gasteiger partial charge in [-0.25, -0.2) is 0 Å². The molecular weight excluding hydrogens is 1240 g/mol. The predicted molar refractivity (Wildman–Crippen MR) is 426 cm³/mol. The van der Waals surface area contributed by atoms with Crippen molar-refractivity contribution in [2.75, 3.05) is 9.80 Å². The number of hydrogen-bond acceptors (Lipinski definition) is 4. The zero-order chi connectivity index (χ0) is 67.2. The van der Waals surface area contributed by atoms with Crippen LogP contribution >= 0.6 is 0 Å². The molecule has 0 unspecified atom stereocenters. The number of anilines is 6. The van der Waals surface area contributed by atoms with E-state index in [2.05, 4.69) is 395 Å². The van der Waals surface area contributed by atoms with Crippen molar-refractivity contribution in [1.29, 1.82) is 0 Å². The summed E-state index contributed by atoms with van der Waals surface area (Å²) in [7, 11) is 0. The monoisotopic (exact) mass is 1300 g/mol. The molecule has 0 atom stereocenters. The first-order valence-corrected chi connectivity index (χ1v) is 34.8. The Morgan fingerprint density at radius 1 is 0.196 bits per heavy atom. The maximum atomic E-state index is 7.40. The summed E-state index contributed by atoms with van der Waals surface area (Å²) in [4.78, 5) is 4.96. The molecule has 0 amide bonds. The third kappa shape index (κ3) is 9.72. The number of hydrogen-bond donors (Lipinski definition) is 0. The Bertz CT molecular complexity index is 6220. The number of benzene rings is 16. The molecule has 0 saturated carbocycles. The van der Waals surface area contributed by atoms with E-state index in [1.165, 1.54) is 0 Å². The van der Waals surface area contributed by atoms with E-state index in [0.717, 1.165) is 189 Å². The molecule has 0 bridgehead atoms. The average molecular weight is 1300 g/mol. The lowest BCUT2D eigenvalue weighted by Gasteiger charge is -2.32. The van der Waals surface area contributed by atoms with E-state index in [0.29, 0.717) is 0 Å². The molecule has 0 N–H and O–H groups in total. The molecule has 0 spiro atoms. The second-order valence-electron chi connectivity index (χ2n) is 26.3. The summed E-state index contributed by atoms with van der Waals surface area (Å²) in [6.45, 7) is 0. The lowest BCUT2D eigenvalue weighted by molar-refractivity contribution is 0.669. The van der Waals surface area contributed by atoms with Crippen molar-refractivity contribution < 1.29 is 8.83 Å². The van der Waals surface area contributed by atoms with Gasteiger partial charge in [0.25, 0.3) is 0 Å². The van der Waals surface area contributed by atoms with Crippen LogP contribution in [-0.4, -0.2) is 9.13 Å². The van der Waals surface area contributed by atoms with Crippen molar-refractivity contribution in [3.8, 4) is 67.0 Å². The number of nitrogens with zero attached hydrogens (tertiary/aromatic N) is 4. The van der Waals surface area contributed by atoms with Crippen LogP contribution in [0.15, 0.2) is 385 Å². The lowest BCUT2D eigenvalue weighted by atomic mass is 9.96. The minimum atomic E-state index is 0.771. The van der Waals surface area contributed by atoms with Gasteiger partial charge < -0.3 is 27.8 Å². The van der Waals surface area contributed by atoms with Crippen molar-refractivity contribution in [2.45, 2.75) is 0 Å². The van der Waals surface area contributed by atoms with E-state index in [9.17, 15) is 0 Å². The van der Waals surface area contributed by atoms with Crippen molar-refractivity contribution in [2.24, 2.45) is 0 Å². The van der Waals surface area contributed by atoms with Crippen LogP contribution in [0.3, 0.4) is 0 Å². The van der Waals surface area contributed by atoms with Gasteiger partial charge in [0, 0.05) is 88.3 Å². The molecular formula is C96H62N4O2. The molecule has 0 aliphatic heterocycles. The van der Waals surface area contributed by atoms with E-state index in [1.54, 1.807) is 0 Å². The third-order valence-electron chi connectivity index (χ3n) is 20.4. The van der Waals surface area contributed by atoms with Gasteiger partial charge in [0.2, 0.25) is 0 Å². The molecule has 20 aromatic rings. The van der Waals surface area contributed by atoms with E-state index >= 15 is 0 Å². The Morgan fingerprint density at radius 2 is 0.520 bits per heavy atom. The van der Waals surface area contributed by atoms with Gasteiger partial charge in [0.1, 0.15) is 11.2 Å². The highest BCUT2D eigenvalue weighted by molar-refractivity contribution is 6.19. The Kier molecular flexibility index (Phi) is 13.8. The standard InChI is InChI=1S/C96H62N4O2/c1-8-26-63(27-9-1)68-44-52-87-83(58-68)85-61-73(46-54-89(85)99(87)71-36-18-6-19-37-71)97(93-77(66-32-14-4-15-33-66)48-50-81-79-40-22-24-42-91(79)101-95(81)93)75-56-70(65-30-12-3-13-31-65)57-76(60-75)98(94-78(67-34-16-5-17-35-67)49-51-82-80-41-23-25-43-92(80)102-96(82)94)74-47-55-90-86(62-74)84-59-69(64-28-10-2-11-29-64)45-53-88(84)100(90)72-38-20-7-21-39-72/h1-62H. The summed E-state index contributed by atoms with van der Waals surface area (Å²) in [5.41, 5.74) is 26.1. The zero-order valence-corrected chi connectivity index (χ0v) is 55.4. The van der Waals surface area contributed by atoms with Gasteiger partial charge in [-0.3, -0.25) is 0 Å². The second kappa shape index (κ2) is 24.1. The maximum Gasteiger partial charge on any atom is 0.160 e. The molecule has 20 rings (SSSR count). The highest BCUT2D eigenvalue weighted by Crippen LogP contribution is 2.54. The van der Waals surface area contributed by atoms with Crippen LogP contribution in [0, 0.1) is 0 Å². The van der Waals surface area contributed by atoms with Crippen LogP contribution in [0.5, 0.6) is 0 Å². The quantitative estimate of drug-likeness (QED) is 0.115. The van der Waals surface area contributed by atoms with Crippen LogP contribution in [-0.2, 0) is 0 Å². The van der Waals surface area contributed by atoms with E-state index in [1.807, 2.05) is 0 Å². The zero-order valence-electron chi connectivity index (χ0n) is 55.4. The number of para-hydroxylation sites is 4. The largest absolute Gasteiger partial charge is 0.454 e. The van der Waals surface area contributed by atoms with Crippen molar-refractivity contribution >= 4 is 122 Å². The first kappa shape index (κ1) is 58.5. The first-order chi connectivity index (χ1) is 50.6. The van der Waals surface area contributed by atoms with Crippen LogP contribution in [0.2, 0.25) is 0 Å². The Morgan fingerprint density at radius 3 is 0.912 bits per heavy atom. The molecule has 0 aliphatic carbocycles. The average Bonchev–Trinajstić information content (AvgIpc) is 1.59. The normalized spacial score (nSPS) is 11.7. The fraction of sp³-hybridized carbons (Fsp3) is 0.